The number of likely N-dealkylation sites (tertiary alicyclic amines) is 1. The molecular formula is C31H46N4O4. The van der Waals surface area contributed by atoms with E-state index in [1.165, 1.54) is 0 Å². The number of hydrogen-bond donors (Lipinski definition) is 4. The maximum absolute atomic E-state index is 13.5. The van der Waals surface area contributed by atoms with Crippen molar-refractivity contribution >= 4 is 28.5 Å². The Kier molecular flexibility index (Phi) is 11.7. The van der Waals surface area contributed by atoms with Crippen LogP contribution in [0.2, 0.25) is 0 Å². The fraction of sp³-hybridized carbons (Fsp3) is 0.581. The molecule has 0 saturated carbocycles. The number of aliphatic hydroxyl groups is 1. The zero-order valence-electron chi connectivity index (χ0n) is 23.9. The third-order valence-corrected chi connectivity index (χ3v) is 7.50. The molecule has 2 aromatic rings. The number of fused-ring (bicyclic) bond motifs is 1. The molecule has 4 N–H and O–H groups in total. The van der Waals surface area contributed by atoms with Gasteiger partial charge < -0.3 is 26.0 Å². The molecule has 2 aromatic carbocycles. The van der Waals surface area contributed by atoms with Crippen LogP contribution < -0.4 is 16.0 Å². The van der Waals surface area contributed by atoms with Crippen LogP contribution in [-0.4, -0.2) is 72.1 Å². The standard InChI is InChI=1S/C31H46N4O4/c1-5-23(6-2)31(39)35-15-9-12-28(35)30(38)34-27(29(37)33-20-26(36)19-32-18-21(3)4)17-22-13-14-24-10-7-8-11-25(24)16-22/h7-8,10-11,13-14,16,21,23,26-28,32,36H,5-6,9,12,15,17-20H2,1-4H3,(H,33,37)(H,34,38)/t26?,27-,28?/m1/s1. The van der Waals surface area contributed by atoms with Crippen LogP contribution in [-0.2, 0) is 20.8 Å². The van der Waals surface area contributed by atoms with Gasteiger partial charge in [-0.05, 0) is 54.5 Å². The van der Waals surface area contributed by atoms with Gasteiger partial charge in [-0.1, -0.05) is 70.2 Å². The van der Waals surface area contributed by atoms with Crippen LogP contribution in [0.3, 0.4) is 0 Å². The molecular weight excluding hydrogens is 492 g/mol. The summed E-state index contributed by atoms with van der Waals surface area (Å²) < 4.78 is 0. The molecule has 0 aromatic heterocycles. The SMILES string of the molecule is CCC(CC)C(=O)N1CCCC1C(=O)N[C@H](Cc1ccc2ccccc2c1)C(=O)NCC(O)CNCC(C)C. The molecule has 0 aliphatic carbocycles. The minimum atomic E-state index is -0.833. The fourth-order valence-electron chi connectivity index (χ4n) is 5.21. The van der Waals surface area contributed by atoms with E-state index in [0.29, 0.717) is 31.8 Å². The average Bonchev–Trinajstić information content (AvgIpc) is 3.42. The minimum Gasteiger partial charge on any atom is -0.390 e. The van der Waals surface area contributed by atoms with Crippen LogP contribution in [0.1, 0.15) is 58.9 Å². The highest BCUT2D eigenvalue weighted by molar-refractivity contribution is 5.93. The van der Waals surface area contributed by atoms with Crippen LogP contribution >= 0.6 is 0 Å². The average molecular weight is 539 g/mol. The highest BCUT2D eigenvalue weighted by Crippen LogP contribution is 2.23. The first kappa shape index (κ1) is 30.6. The topological polar surface area (TPSA) is 111 Å². The Labute approximate surface area is 232 Å². The van der Waals surface area contributed by atoms with Crippen molar-refractivity contribution in [3.05, 3.63) is 48.0 Å². The third kappa shape index (κ3) is 8.77. The van der Waals surface area contributed by atoms with Crippen molar-refractivity contribution in [2.45, 2.75) is 78.0 Å². The lowest BCUT2D eigenvalue weighted by molar-refractivity contribution is -0.142. The summed E-state index contributed by atoms with van der Waals surface area (Å²) in [6, 6.07) is 12.6. The number of aliphatic hydroxyl groups excluding tert-OH is 1. The van der Waals surface area contributed by atoms with E-state index in [0.717, 1.165) is 42.1 Å². The van der Waals surface area contributed by atoms with Crippen molar-refractivity contribution < 1.29 is 19.5 Å². The van der Waals surface area contributed by atoms with Gasteiger partial charge in [0.25, 0.3) is 0 Å². The van der Waals surface area contributed by atoms with E-state index in [-0.39, 0.29) is 30.2 Å². The third-order valence-electron chi connectivity index (χ3n) is 7.50. The van der Waals surface area contributed by atoms with Gasteiger partial charge in [0, 0.05) is 32.0 Å². The zero-order chi connectivity index (χ0) is 28.4. The molecule has 2 unspecified atom stereocenters. The van der Waals surface area contributed by atoms with Gasteiger partial charge in [-0.2, -0.15) is 0 Å². The van der Waals surface area contributed by atoms with Crippen molar-refractivity contribution in [2.24, 2.45) is 11.8 Å². The van der Waals surface area contributed by atoms with Crippen LogP contribution in [0.15, 0.2) is 42.5 Å². The van der Waals surface area contributed by atoms with E-state index in [4.69, 9.17) is 0 Å². The normalized spacial score (nSPS) is 17.0. The molecule has 1 fully saturated rings. The molecule has 8 nitrogen and oxygen atoms in total. The van der Waals surface area contributed by atoms with Gasteiger partial charge in [0.2, 0.25) is 17.7 Å². The van der Waals surface area contributed by atoms with Gasteiger partial charge >= 0.3 is 0 Å². The Balaban J connectivity index is 1.72. The lowest BCUT2D eigenvalue weighted by atomic mass is 10.00. The van der Waals surface area contributed by atoms with Gasteiger partial charge in [0.15, 0.2) is 0 Å². The van der Waals surface area contributed by atoms with Gasteiger partial charge in [0.05, 0.1) is 6.10 Å². The van der Waals surface area contributed by atoms with Gasteiger partial charge in [-0.3, -0.25) is 14.4 Å². The second-order valence-corrected chi connectivity index (χ2v) is 11.1. The molecule has 0 radical (unpaired) electrons. The fourth-order valence-corrected chi connectivity index (χ4v) is 5.21. The Hall–Kier alpha value is -2.97. The Morgan fingerprint density at radius 2 is 1.72 bits per heavy atom. The summed E-state index contributed by atoms with van der Waals surface area (Å²) in [7, 11) is 0. The molecule has 0 spiro atoms. The summed E-state index contributed by atoms with van der Waals surface area (Å²) in [5, 5.41) is 21.5. The highest BCUT2D eigenvalue weighted by atomic mass is 16.3. The largest absolute Gasteiger partial charge is 0.390 e. The van der Waals surface area contributed by atoms with Crippen LogP contribution in [0, 0.1) is 11.8 Å². The lowest BCUT2D eigenvalue weighted by Gasteiger charge is -2.29. The number of carbonyl (C=O) groups is 3. The molecule has 3 amide bonds. The van der Waals surface area contributed by atoms with E-state index < -0.39 is 18.2 Å². The predicted molar refractivity (Wildman–Crippen MR) is 155 cm³/mol. The van der Waals surface area contributed by atoms with Crippen molar-refractivity contribution in [2.75, 3.05) is 26.2 Å². The maximum Gasteiger partial charge on any atom is 0.243 e. The van der Waals surface area contributed by atoms with E-state index in [1.807, 2.05) is 56.3 Å². The quantitative estimate of drug-likeness (QED) is 0.296. The summed E-state index contributed by atoms with van der Waals surface area (Å²) >= 11 is 0. The van der Waals surface area contributed by atoms with Gasteiger partial charge in [-0.25, -0.2) is 0 Å². The number of nitrogens with zero attached hydrogens (tertiary/aromatic N) is 1. The minimum absolute atomic E-state index is 0.0187. The van der Waals surface area contributed by atoms with Crippen LogP contribution in [0.25, 0.3) is 10.8 Å². The number of nitrogens with one attached hydrogen (secondary N) is 3. The van der Waals surface area contributed by atoms with Crippen molar-refractivity contribution in [1.29, 1.82) is 0 Å². The zero-order valence-corrected chi connectivity index (χ0v) is 23.9. The van der Waals surface area contributed by atoms with E-state index in [9.17, 15) is 19.5 Å². The lowest BCUT2D eigenvalue weighted by Crippen LogP contribution is -2.55. The number of benzene rings is 2. The van der Waals surface area contributed by atoms with E-state index in [1.54, 1.807) is 4.90 Å². The first-order valence-corrected chi connectivity index (χ1v) is 14.5. The second-order valence-electron chi connectivity index (χ2n) is 11.1. The molecule has 3 rings (SSSR count). The summed E-state index contributed by atoms with van der Waals surface area (Å²) in [6.07, 6.45) is 2.39. The first-order chi connectivity index (χ1) is 18.7. The van der Waals surface area contributed by atoms with Crippen molar-refractivity contribution in [1.82, 2.24) is 20.9 Å². The molecule has 1 aliphatic rings. The second kappa shape index (κ2) is 15.0. The molecule has 214 valence electrons. The molecule has 1 heterocycles. The van der Waals surface area contributed by atoms with Crippen molar-refractivity contribution in [3.8, 4) is 0 Å². The number of amides is 3. The summed E-state index contributed by atoms with van der Waals surface area (Å²) in [5.41, 5.74) is 0.921. The molecule has 8 heteroatoms. The number of rotatable bonds is 14. The van der Waals surface area contributed by atoms with E-state index in [2.05, 4.69) is 29.8 Å². The highest BCUT2D eigenvalue weighted by Gasteiger charge is 2.37. The van der Waals surface area contributed by atoms with Gasteiger partial charge in [0.1, 0.15) is 12.1 Å². The maximum atomic E-state index is 13.5. The molecule has 1 saturated heterocycles. The van der Waals surface area contributed by atoms with Crippen LogP contribution in [0.5, 0.6) is 0 Å². The number of carbonyl (C=O) groups excluding carboxylic acids is 3. The van der Waals surface area contributed by atoms with Crippen molar-refractivity contribution in [3.63, 3.8) is 0 Å². The monoisotopic (exact) mass is 538 g/mol. The van der Waals surface area contributed by atoms with Crippen LogP contribution in [0.4, 0.5) is 0 Å². The number of hydrogen-bond acceptors (Lipinski definition) is 5. The molecule has 1 aliphatic heterocycles. The van der Waals surface area contributed by atoms with E-state index >= 15 is 0 Å². The van der Waals surface area contributed by atoms with Gasteiger partial charge in [-0.15, -0.1) is 0 Å². The molecule has 0 bridgehead atoms. The Morgan fingerprint density at radius 1 is 1.00 bits per heavy atom. The molecule has 3 atom stereocenters. The smallest absolute Gasteiger partial charge is 0.243 e. The Morgan fingerprint density at radius 3 is 2.41 bits per heavy atom. The predicted octanol–water partition coefficient (Wildman–Crippen LogP) is 3.02. The first-order valence-electron chi connectivity index (χ1n) is 14.5. The Bertz CT molecular complexity index is 1100. The summed E-state index contributed by atoms with van der Waals surface area (Å²) in [6.45, 7) is 9.95. The molecule has 39 heavy (non-hydrogen) atoms. The summed E-state index contributed by atoms with van der Waals surface area (Å²) in [5.74, 6) is -0.270. The summed E-state index contributed by atoms with van der Waals surface area (Å²) in [4.78, 5) is 41.6.